The van der Waals surface area contributed by atoms with E-state index in [1.54, 1.807) is 10.6 Å². The Bertz CT molecular complexity index is 795. The summed E-state index contributed by atoms with van der Waals surface area (Å²) >= 11 is 5.94. The number of rotatable bonds is 2. The lowest BCUT2D eigenvalue weighted by Crippen LogP contribution is -2.03. The number of fused-ring (bicyclic) bond motifs is 1. The fourth-order valence-electron chi connectivity index (χ4n) is 2.23. The van der Waals surface area contributed by atoms with Crippen molar-refractivity contribution in [2.75, 3.05) is 0 Å². The van der Waals surface area contributed by atoms with Crippen molar-refractivity contribution < 1.29 is 4.39 Å². The normalized spacial score (nSPS) is 11.2. The highest BCUT2D eigenvalue weighted by Gasteiger charge is 2.16. The molecule has 0 aliphatic heterocycles. The van der Waals surface area contributed by atoms with E-state index in [0.29, 0.717) is 22.7 Å². The predicted octanol–water partition coefficient (Wildman–Crippen LogP) is 3.92. The quantitative estimate of drug-likeness (QED) is 0.670. The highest BCUT2D eigenvalue weighted by Crippen LogP contribution is 2.24. The van der Waals surface area contributed by atoms with Crippen LogP contribution in [0.3, 0.4) is 0 Å². The van der Waals surface area contributed by atoms with Gasteiger partial charge < -0.3 is 0 Å². The molecule has 0 aliphatic rings. The van der Waals surface area contributed by atoms with Crippen LogP contribution in [-0.4, -0.2) is 14.5 Å². The van der Waals surface area contributed by atoms with E-state index in [9.17, 15) is 4.39 Å². The molecule has 0 saturated carbocycles. The van der Waals surface area contributed by atoms with Gasteiger partial charge in [-0.25, -0.2) is 14.4 Å². The number of nitrogens with zero attached hydrogens (tertiary/aromatic N) is 3. The summed E-state index contributed by atoms with van der Waals surface area (Å²) in [5.74, 6) is 0.476. The van der Waals surface area contributed by atoms with Gasteiger partial charge in [-0.2, -0.15) is 0 Å². The molecule has 1 aromatic carbocycles. The molecule has 0 saturated heterocycles. The van der Waals surface area contributed by atoms with E-state index < -0.39 is 0 Å². The van der Waals surface area contributed by atoms with Crippen molar-refractivity contribution in [2.24, 2.45) is 0 Å². The number of benzene rings is 1. The van der Waals surface area contributed by atoms with Gasteiger partial charge in [0.1, 0.15) is 17.2 Å². The number of alkyl halides is 1. The molecule has 0 atom stereocenters. The van der Waals surface area contributed by atoms with Gasteiger partial charge in [-0.3, -0.25) is 4.57 Å². The molecule has 0 unspecified atom stereocenters. The van der Waals surface area contributed by atoms with Crippen LogP contribution in [0.1, 0.15) is 17.1 Å². The van der Waals surface area contributed by atoms with Gasteiger partial charge in [-0.1, -0.05) is 6.07 Å². The molecule has 2 aromatic heterocycles. The molecular weight excluding hydrogens is 277 g/mol. The minimum atomic E-state index is -0.307. The van der Waals surface area contributed by atoms with Crippen molar-refractivity contribution in [3.8, 4) is 5.69 Å². The van der Waals surface area contributed by atoms with Gasteiger partial charge in [0.2, 0.25) is 0 Å². The van der Waals surface area contributed by atoms with Gasteiger partial charge in [-0.05, 0) is 43.7 Å². The molecule has 2 heterocycles. The summed E-state index contributed by atoms with van der Waals surface area (Å²) < 4.78 is 15.9. The van der Waals surface area contributed by atoms with Gasteiger partial charge >= 0.3 is 0 Å². The standard InChI is InChI=1S/C15H13ClFN3/c1-9-3-6-13(11(17)7-9)20-14(8-16)19-12-5-4-10(2)18-15(12)20/h3-7H,8H2,1-2H3. The molecular formula is C15H13ClFN3. The van der Waals surface area contributed by atoms with Crippen molar-refractivity contribution in [1.82, 2.24) is 14.5 Å². The van der Waals surface area contributed by atoms with Crippen molar-refractivity contribution in [1.29, 1.82) is 0 Å². The first kappa shape index (κ1) is 13.1. The third-order valence-electron chi connectivity index (χ3n) is 3.18. The molecule has 20 heavy (non-hydrogen) atoms. The number of aromatic nitrogens is 3. The molecule has 0 amide bonds. The van der Waals surface area contributed by atoms with Gasteiger partial charge in [0.25, 0.3) is 0 Å². The van der Waals surface area contributed by atoms with Crippen LogP contribution in [0.5, 0.6) is 0 Å². The van der Waals surface area contributed by atoms with Crippen molar-refractivity contribution in [3.05, 3.63) is 53.2 Å². The minimum Gasteiger partial charge on any atom is -0.277 e. The fraction of sp³-hybridized carbons (Fsp3) is 0.200. The van der Waals surface area contributed by atoms with Crippen LogP contribution in [0.25, 0.3) is 16.9 Å². The lowest BCUT2D eigenvalue weighted by molar-refractivity contribution is 0.616. The topological polar surface area (TPSA) is 30.7 Å². The van der Waals surface area contributed by atoms with E-state index >= 15 is 0 Å². The molecule has 0 spiro atoms. The average Bonchev–Trinajstić information content (AvgIpc) is 2.76. The lowest BCUT2D eigenvalue weighted by atomic mass is 10.2. The Kier molecular flexibility index (Phi) is 3.18. The largest absolute Gasteiger partial charge is 0.277 e. The van der Waals surface area contributed by atoms with Crippen LogP contribution >= 0.6 is 11.6 Å². The summed E-state index contributed by atoms with van der Waals surface area (Å²) in [5.41, 5.74) is 3.49. The number of hydrogen-bond acceptors (Lipinski definition) is 2. The molecule has 0 bridgehead atoms. The number of aryl methyl sites for hydroxylation is 2. The highest BCUT2D eigenvalue weighted by molar-refractivity contribution is 6.16. The summed E-state index contributed by atoms with van der Waals surface area (Å²) in [4.78, 5) is 8.87. The Morgan fingerprint density at radius 1 is 1.15 bits per heavy atom. The van der Waals surface area contributed by atoms with E-state index in [0.717, 1.165) is 11.3 Å². The van der Waals surface area contributed by atoms with Crippen LogP contribution < -0.4 is 0 Å². The third-order valence-corrected chi connectivity index (χ3v) is 3.42. The Morgan fingerprint density at radius 2 is 1.95 bits per heavy atom. The Labute approximate surface area is 121 Å². The highest BCUT2D eigenvalue weighted by atomic mass is 35.5. The van der Waals surface area contributed by atoms with E-state index in [2.05, 4.69) is 9.97 Å². The Hall–Kier alpha value is -1.94. The van der Waals surface area contributed by atoms with Crippen molar-refractivity contribution in [3.63, 3.8) is 0 Å². The van der Waals surface area contributed by atoms with Gasteiger partial charge in [0.15, 0.2) is 5.65 Å². The molecule has 0 aliphatic carbocycles. The summed E-state index contributed by atoms with van der Waals surface area (Å²) in [6, 6.07) is 8.83. The predicted molar refractivity (Wildman–Crippen MR) is 77.9 cm³/mol. The smallest absolute Gasteiger partial charge is 0.165 e. The first-order valence-electron chi connectivity index (χ1n) is 6.27. The molecule has 102 valence electrons. The Morgan fingerprint density at radius 3 is 2.65 bits per heavy atom. The van der Waals surface area contributed by atoms with Crippen LogP contribution in [-0.2, 0) is 5.88 Å². The van der Waals surface area contributed by atoms with Crippen molar-refractivity contribution >= 4 is 22.8 Å². The molecule has 3 nitrogen and oxygen atoms in total. The molecule has 5 heteroatoms. The maximum absolute atomic E-state index is 14.2. The molecule has 3 rings (SSSR count). The summed E-state index contributed by atoms with van der Waals surface area (Å²) in [7, 11) is 0. The number of pyridine rings is 1. The minimum absolute atomic E-state index is 0.197. The maximum atomic E-state index is 14.2. The van der Waals surface area contributed by atoms with Crippen LogP contribution in [0, 0.1) is 19.7 Å². The second-order valence-corrected chi connectivity index (χ2v) is 5.01. The zero-order chi connectivity index (χ0) is 14.3. The Balaban J connectivity index is 2.36. The second kappa shape index (κ2) is 4.87. The van der Waals surface area contributed by atoms with Crippen LogP contribution in [0.15, 0.2) is 30.3 Å². The van der Waals surface area contributed by atoms with Crippen LogP contribution in [0.2, 0.25) is 0 Å². The fourth-order valence-corrected chi connectivity index (χ4v) is 2.41. The lowest BCUT2D eigenvalue weighted by Gasteiger charge is -2.09. The van der Waals surface area contributed by atoms with Crippen LogP contribution in [0.4, 0.5) is 4.39 Å². The molecule has 0 N–H and O–H groups in total. The van der Waals surface area contributed by atoms with E-state index in [4.69, 9.17) is 11.6 Å². The average molecular weight is 290 g/mol. The molecule has 0 radical (unpaired) electrons. The number of halogens is 2. The summed E-state index contributed by atoms with van der Waals surface area (Å²) in [6.07, 6.45) is 0. The number of imidazole rings is 1. The second-order valence-electron chi connectivity index (χ2n) is 4.75. The van der Waals surface area contributed by atoms with Gasteiger partial charge in [0, 0.05) is 5.69 Å². The first-order valence-corrected chi connectivity index (χ1v) is 6.81. The van der Waals surface area contributed by atoms with Gasteiger partial charge in [0.05, 0.1) is 11.6 Å². The van der Waals surface area contributed by atoms with E-state index in [-0.39, 0.29) is 11.7 Å². The van der Waals surface area contributed by atoms with Gasteiger partial charge in [-0.15, -0.1) is 11.6 Å². The summed E-state index contributed by atoms with van der Waals surface area (Å²) in [6.45, 7) is 3.74. The van der Waals surface area contributed by atoms with E-state index in [1.807, 2.05) is 32.0 Å². The van der Waals surface area contributed by atoms with Crippen molar-refractivity contribution in [2.45, 2.75) is 19.7 Å². The summed E-state index contributed by atoms with van der Waals surface area (Å²) in [5, 5.41) is 0. The monoisotopic (exact) mass is 289 g/mol. The molecule has 3 aromatic rings. The zero-order valence-corrected chi connectivity index (χ0v) is 11.9. The number of hydrogen-bond donors (Lipinski definition) is 0. The zero-order valence-electron chi connectivity index (χ0n) is 11.2. The maximum Gasteiger partial charge on any atom is 0.165 e. The first-order chi connectivity index (χ1) is 9.60. The molecule has 0 fully saturated rings. The SMILES string of the molecule is Cc1ccc(-n2c(CCl)nc3ccc(C)nc32)c(F)c1. The third kappa shape index (κ3) is 2.06. The van der Waals surface area contributed by atoms with E-state index in [1.165, 1.54) is 6.07 Å².